The second-order valence-electron chi connectivity index (χ2n) is 5.11. The fourth-order valence-corrected chi connectivity index (χ4v) is 1.94. The number of hydrogen-bond acceptors (Lipinski definition) is 5. The third-order valence-corrected chi connectivity index (χ3v) is 3.08. The van der Waals surface area contributed by atoms with E-state index >= 15 is 0 Å². The van der Waals surface area contributed by atoms with Crippen LogP contribution < -0.4 is 5.32 Å². The smallest absolute Gasteiger partial charge is 0.234 e. The van der Waals surface area contributed by atoms with Crippen LogP contribution in [0.1, 0.15) is 32.6 Å². The van der Waals surface area contributed by atoms with Gasteiger partial charge in [-0.1, -0.05) is 0 Å². The molecule has 1 aromatic rings. The van der Waals surface area contributed by atoms with Crippen LogP contribution in [0.15, 0.2) is 22.8 Å². The molecule has 0 aliphatic rings. The lowest BCUT2D eigenvalue weighted by atomic mass is 10.2. The molecule has 1 rings (SSSR count). The Morgan fingerprint density at radius 2 is 2.15 bits per heavy atom. The Kier molecular flexibility index (Phi) is 6.70. The van der Waals surface area contributed by atoms with Crippen molar-refractivity contribution in [3.63, 3.8) is 0 Å². The van der Waals surface area contributed by atoms with Crippen molar-refractivity contribution >= 4 is 5.91 Å². The highest BCUT2D eigenvalue weighted by molar-refractivity contribution is 5.78. The van der Waals surface area contributed by atoms with Crippen LogP contribution in [0, 0.1) is 0 Å². The zero-order chi connectivity index (χ0) is 15.1. The maximum absolute atomic E-state index is 12.0. The Bertz CT molecular complexity index is 392. The number of furan rings is 1. The minimum absolute atomic E-state index is 0.0618. The molecule has 0 radical (unpaired) electrons. The number of nitrogens with one attached hydrogen (secondary N) is 1. The van der Waals surface area contributed by atoms with Crippen LogP contribution in [0.5, 0.6) is 0 Å². The molecule has 0 aromatic carbocycles. The predicted octanol–water partition coefficient (Wildman–Crippen LogP) is 0.520. The molecule has 6 nitrogen and oxygen atoms in total. The third-order valence-electron chi connectivity index (χ3n) is 3.08. The zero-order valence-electron chi connectivity index (χ0n) is 12.2. The molecule has 1 amide bonds. The van der Waals surface area contributed by atoms with E-state index in [-0.39, 0.29) is 31.1 Å². The van der Waals surface area contributed by atoms with Gasteiger partial charge in [0, 0.05) is 12.6 Å². The maximum atomic E-state index is 12.0. The molecular weight excluding hydrogens is 260 g/mol. The summed E-state index contributed by atoms with van der Waals surface area (Å²) >= 11 is 0. The van der Waals surface area contributed by atoms with Gasteiger partial charge in [-0.15, -0.1) is 0 Å². The molecule has 0 unspecified atom stereocenters. The molecule has 0 fully saturated rings. The highest BCUT2D eigenvalue weighted by Crippen LogP contribution is 2.12. The lowest BCUT2D eigenvalue weighted by Crippen LogP contribution is -2.46. The Balaban J connectivity index is 2.53. The third kappa shape index (κ3) is 5.32. The van der Waals surface area contributed by atoms with Crippen molar-refractivity contribution < 1.29 is 19.4 Å². The Morgan fingerprint density at radius 1 is 1.45 bits per heavy atom. The Labute approximate surface area is 119 Å². The van der Waals surface area contributed by atoms with Gasteiger partial charge in [-0.2, -0.15) is 0 Å². The van der Waals surface area contributed by atoms with E-state index in [0.29, 0.717) is 12.3 Å². The average molecular weight is 284 g/mol. The quantitative estimate of drug-likeness (QED) is 0.648. The summed E-state index contributed by atoms with van der Waals surface area (Å²) in [5.41, 5.74) is 0. The van der Waals surface area contributed by atoms with Gasteiger partial charge in [-0.05, 0) is 32.9 Å². The Hall–Kier alpha value is -1.37. The zero-order valence-corrected chi connectivity index (χ0v) is 12.2. The van der Waals surface area contributed by atoms with E-state index in [1.807, 2.05) is 13.8 Å². The summed E-state index contributed by atoms with van der Waals surface area (Å²) in [5, 5.41) is 21.5. The van der Waals surface area contributed by atoms with Crippen LogP contribution in [0.4, 0.5) is 0 Å². The first kappa shape index (κ1) is 16.7. The van der Waals surface area contributed by atoms with E-state index in [1.54, 1.807) is 30.2 Å². The number of amides is 1. The van der Waals surface area contributed by atoms with Crippen molar-refractivity contribution in [1.82, 2.24) is 10.2 Å². The first-order valence-electron chi connectivity index (χ1n) is 6.79. The minimum atomic E-state index is -0.556. The van der Waals surface area contributed by atoms with E-state index in [4.69, 9.17) is 4.42 Å². The molecule has 1 aromatic heterocycles. The monoisotopic (exact) mass is 284 g/mol. The second kappa shape index (κ2) is 8.04. The van der Waals surface area contributed by atoms with Crippen LogP contribution in [-0.2, 0) is 4.79 Å². The molecule has 0 aliphatic heterocycles. The highest BCUT2D eigenvalue weighted by Gasteiger charge is 2.20. The highest BCUT2D eigenvalue weighted by atomic mass is 16.3. The van der Waals surface area contributed by atoms with Gasteiger partial charge in [0.25, 0.3) is 0 Å². The second-order valence-corrected chi connectivity index (χ2v) is 5.11. The topological polar surface area (TPSA) is 85.9 Å². The lowest BCUT2D eigenvalue weighted by molar-refractivity contribution is -0.124. The van der Waals surface area contributed by atoms with Gasteiger partial charge in [0.1, 0.15) is 5.76 Å². The molecule has 0 aliphatic carbocycles. The Morgan fingerprint density at radius 3 is 2.65 bits per heavy atom. The SMILES string of the molecule is C[C@H](O)CN(CC(=O)N[C@@H](C)c1ccco1)[C@H](C)CO. The summed E-state index contributed by atoms with van der Waals surface area (Å²) in [5.74, 6) is 0.519. The van der Waals surface area contributed by atoms with Gasteiger partial charge < -0.3 is 19.9 Å². The number of nitrogens with zero attached hydrogens (tertiary/aromatic N) is 1. The number of carbonyl (C=O) groups is 1. The summed E-state index contributed by atoms with van der Waals surface area (Å²) in [4.78, 5) is 13.7. The van der Waals surface area contributed by atoms with Crippen molar-refractivity contribution in [2.24, 2.45) is 0 Å². The van der Waals surface area contributed by atoms with Crippen LogP contribution in [0.2, 0.25) is 0 Å². The summed E-state index contributed by atoms with van der Waals surface area (Å²) in [6.45, 7) is 5.70. The number of aliphatic hydroxyl groups is 2. The molecule has 0 saturated carbocycles. The summed E-state index contributed by atoms with van der Waals surface area (Å²) in [6, 6.07) is 3.17. The molecule has 0 bridgehead atoms. The van der Waals surface area contributed by atoms with Gasteiger partial charge in [-0.3, -0.25) is 9.69 Å². The van der Waals surface area contributed by atoms with Crippen LogP contribution >= 0.6 is 0 Å². The fourth-order valence-electron chi connectivity index (χ4n) is 1.94. The van der Waals surface area contributed by atoms with Gasteiger partial charge in [0.15, 0.2) is 0 Å². The van der Waals surface area contributed by atoms with Crippen LogP contribution in [0.3, 0.4) is 0 Å². The normalized spacial score (nSPS) is 15.9. The maximum Gasteiger partial charge on any atom is 0.234 e. The van der Waals surface area contributed by atoms with Crippen molar-refractivity contribution in [3.05, 3.63) is 24.2 Å². The van der Waals surface area contributed by atoms with E-state index in [2.05, 4.69) is 5.32 Å². The van der Waals surface area contributed by atoms with Crippen LogP contribution in [0.25, 0.3) is 0 Å². The first-order chi connectivity index (χ1) is 9.43. The van der Waals surface area contributed by atoms with E-state index in [0.717, 1.165) is 0 Å². The lowest BCUT2D eigenvalue weighted by Gasteiger charge is -2.28. The fraction of sp³-hybridized carbons (Fsp3) is 0.643. The predicted molar refractivity (Wildman–Crippen MR) is 75.1 cm³/mol. The number of hydrogen-bond donors (Lipinski definition) is 3. The molecule has 0 spiro atoms. The molecule has 20 heavy (non-hydrogen) atoms. The number of carbonyl (C=O) groups excluding carboxylic acids is 1. The molecule has 114 valence electrons. The molecule has 0 saturated heterocycles. The molecular formula is C14H24N2O4. The van der Waals surface area contributed by atoms with Crippen molar-refractivity contribution in [3.8, 4) is 0 Å². The van der Waals surface area contributed by atoms with E-state index < -0.39 is 6.10 Å². The van der Waals surface area contributed by atoms with Crippen molar-refractivity contribution in [2.75, 3.05) is 19.7 Å². The average Bonchev–Trinajstić information content (AvgIpc) is 2.90. The van der Waals surface area contributed by atoms with Gasteiger partial charge in [-0.25, -0.2) is 0 Å². The number of rotatable bonds is 8. The van der Waals surface area contributed by atoms with Crippen molar-refractivity contribution in [1.29, 1.82) is 0 Å². The standard InChI is InChI=1S/C14H24N2O4/c1-10(9-17)16(7-11(2)18)8-14(19)15-12(3)13-5-4-6-20-13/h4-6,10-12,17-18H,7-9H2,1-3H3,(H,15,19)/t10-,11+,12+/m1/s1. The summed E-state index contributed by atoms with van der Waals surface area (Å²) in [7, 11) is 0. The van der Waals surface area contributed by atoms with Gasteiger partial charge >= 0.3 is 0 Å². The van der Waals surface area contributed by atoms with Gasteiger partial charge in [0.2, 0.25) is 5.91 Å². The summed E-state index contributed by atoms with van der Waals surface area (Å²) < 4.78 is 5.23. The van der Waals surface area contributed by atoms with Crippen molar-refractivity contribution in [2.45, 2.75) is 39.0 Å². The number of aliphatic hydroxyl groups excluding tert-OH is 2. The first-order valence-corrected chi connectivity index (χ1v) is 6.79. The molecule has 3 N–H and O–H groups in total. The summed E-state index contributed by atoms with van der Waals surface area (Å²) in [6.07, 6.45) is 1.00. The largest absolute Gasteiger partial charge is 0.467 e. The molecule has 6 heteroatoms. The van der Waals surface area contributed by atoms with Crippen LogP contribution in [-0.4, -0.2) is 52.9 Å². The molecule has 1 heterocycles. The minimum Gasteiger partial charge on any atom is -0.467 e. The van der Waals surface area contributed by atoms with Gasteiger partial charge in [0.05, 0.1) is 31.6 Å². The van der Waals surface area contributed by atoms with E-state index in [1.165, 1.54) is 0 Å². The van der Waals surface area contributed by atoms with E-state index in [9.17, 15) is 15.0 Å². The molecule has 3 atom stereocenters.